The van der Waals surface area contributed by atoms with E-state index < -0.39 is 0 Å². The van der Waals surface area contributed by atoms with E-state index in [0.717, 1.165) is 16.9 Å². The molecule has 0 unspecified atom stereocenters. The molecule has 1 N–H and O–H groups in total. The molecule has 1 heterocycles. The second kappa shape index (κ2) is 2.83. The van der Waals surface area contributed by atoms with Crippen molar-refractivity contribution in [1.29, 1.82) is 0 Å². The van der Waals surface area contributed by atoms with Crippen LogP contribution in [0.4, 0.5) is 0 Å². The van der Waals surface area contributed by atoms with Gasteiger partial charge in [0.15, 0.2) is 0 Å². The summed E-state index contributed by atoms with van der Waals surface area (Å²) in [7, 11) is 0. The number of aryl methyl sites for hydroxylation is 1. The van der Waals surface area contributed by atoms with E-state index in [4.69, 9.17) is 0 Å². The summed E-state index contributed by atoms with van der Waals surface area (Å²) in [6.45, 7) is 1.98. The molecule has 2 rings (SSSR count). The van der Waals surface area contributed by atoms with Gasteiger partial charge in [0, 0.05) is 4.90 Å². The Morgan fingerprint density at radius 2 is 2.25 bits per heavy atom. The van der Waals surface area contributed by atoms with Gasteiger partial charge in [0.1, 0.15) is 11.3 Å². The lowest BCUT2D eigenvalue weighted by molar-refractivity contribution is 1.17. The molecular weight excluding hydrogens is 168 g/mol. The van der Waals surface area contributed by atoms with Crippen LogP contribution < -0.4 is 0 Å². The van der Waals surface area contributed by atoms with Crippen molar-refractivity contribution < 1.29 is 0 Å². The van der Waals surface area contributed by atoms with Gasteiger partial charge < -0.3 is 4.98 Å². The minimum Gasteiger partial charge on any atom is -0.342 e. The van der Waals surface area contributed by atoms with Crippen LogP contribution in [-0.2, 0) is 0 Å². The third-order valence-electron chi connectivity index (χ3n) is 1.81. The Kier molecular flexibility index (Phi) is 1.81. The summed E-state index contributed by atoms with van der Waals surface area (Å²) in [4.78, 5) is 8.85. The van der Waals surface area contributed by atoms with Crippen LogP contribution >= 0.6 is 11.8 Å². The number of benzene rings is 1. The molecule has 3 heteroatoms. The SMILES string of the molecule is CSc1cccc2[nH]c(C)nc12. The molecule has 12 heavy (non-hydrogen) atoms. The largest absolute Gasteiger partial charge is 0.342 e. The van der Waals surface area contributed by atoms with Crippen LogP contribution in [0.5, 0.6) is 0 Å². The van der Waals surface area contributed by atoms with Gasteiger partial charge in [0.05, 0.1) is 5.52 Å². The maximum Gasteiger partial charge on any atom is 0.104 e. The average molecular weight is 178 g/mol. The van der Waals surface area contributed by atoms with E-state index in [1.165, 1.54) is 4.90 Å². The lowest BCUT2D eigenvalue weighted by Crippen LogP contribution is -1.73. The molecule has 0 aliphatic carbocycles. The molecule has 0 spiro atoms. The highest BCUT2D eigenvalue weighted by molar-refractivity contribution is 7.98. The zero-order valence-corrected chi connectivity index (χ0v) is 7.90. The van der Waals surface area contributed by atoms with Gasteiger partial charge in [0.2, 0.25) is 0 Å². The molecule has 2 aromatic rings. The Hall–Kier alpha value is -0.960. The zero-order chi connectivity index (χ0) is 8.55. The van der Waals surface area contributed by atoms with Crippen molar-refractivity contribution in [2.75, 3.05) is 6.26 Å². The summed E-state index contributed by atoms with van der Waals surface area (Å²) < 4.78 is 0. The van der Waals surface area contributed by atoms with Crippen molar-refractivity contribution in [1.82, 2.24) is 9.97 Å². The molecule has 0 aliphatic heterocycles. The number of fused-ring (bicyclic) bond motifs is 1. The van der Waals surface area contributed by atoms with Crippen LogP contribution in [0.25, 0.3) is 11.0 Å². The molecule has 0 atom stereocenters. The normalized spacial score (nSPS) is 10.8. The molecule has 0 radical (unpaired) electrons. The first kappa shape index (κ1) is 7.68. The van der Waals surface area contributed by atoms with E-state index >= 15 is 0 Å². The van der Waals surface area contributed by atoms with Gasteiger partial charge in [0.25, 0.3) is 0 Å². The highest BCUT2D eigenvalue weighted by Crippen LogP contribution is 2.23. The van der Waals surface area contributed by atoms with Gasteiger partial charge in [-0.3, -0.25) is 0 Å². The second-order valence-corrected chi connectivity index (χ2v) is 3.53. The van der Waals surface area contributed by atoms with E-state index in [0.29, 0.717) is 0 Å². The van der Waals surface area contributed by atoms with Crippen LogP contribution in [0.2, 0.25) is 0 Å². The van der Waals surface area contributed by atoms with Crippen molar-refractivity contribution in [2.24, 2.45) is 0 Å². The molecule has 1 aromatic carbocycles. The minimum atomic E-state index is 0.978. The first-order chi connectivity index (χ1) is 5.81. The van der Waals surface area contributed by atoms with Crippen molar-refractivity contribution >= 4 is 22.8 Å². The van der Waals surface area contributed by atoms with Crippen LogP contribution in [0.15, 0.2) is 23.1 Å². The number of nitrogens with one attached hydrogen (secondary N) is 1. The lowest BCUT2D eigenvalue weighted by Gasteiger charge is -1.94. The van der Waals surface area contributed by atoms with Crippen molar-refractivity contribution in [2.45, 2.75) is 11.8 Å². The Bertz CT molecular complexity index is 406. The lowest BCUT2D eigenvalue weighted by atomic mass is 10.3. The highest BCUT2D eigenvalue weighted by atomic mass is 32.2. The topological polar surface area (TPSA) is 28.7 Å². The summed E-state index contributed by atoms with van der Waals surface area (Å²) in [6.07, 6.45) is 2.07. The molecule has 0 fully saturated rings. The Morgan fingerprint density at radius 3 is 3.00 bits per heavy atom. The fraction of sp³-hybridized carbons (Fsp3) is 0.222. The van der Waals surface area contributed by atoms with E-state index in [1.807, 2.05) is 13.0 Å². The Balaban J connectivity index is 2.78. The number of nitrogens with zero attached hydrogens (tertiary/aromatic N) is 1. The zero-order valence-electron chi connectivity index (χ0n) is 7.09. The fourth-order valence-electron chi connectivity index (χ4n) is 1.29. The van der Waals surface area contributed by atoms with E-state index in [-0.39, 0.29) is 0 Å². The third-order valence-corrected chi connectivity index (χ3v) is 2.58. The molecule has 0 bridgehead atoms. The van der Waals surface area contributed by atoms with Gasteiger partial charge in [-0.15, -0.1) is 11.8 Å². The van der Waals surface area contributed by atoms with E-state index in [1.54, 1.807) is 11.8 Å². The number of para-hydroxylation sites is 1. The first-order valence-electron chi connectivity index (χ1n) is 3.80. The number of thioether (sulfide) groups is 1. The predicted octanol–water partition coefficient (Wildman–Crippen LogP) is 2.59. The fourth-order valence-corrected chi connectivity index (χ4v) is 1.86. The van der Waals surface area contributed by atoms with Gasteiger partial charge >= 0.3 is 0 Å². The summed E-state index contributed by atoms with van der Waals surface area (Å²) in [5, 5.41) is 0. The average Bonchev–Trinajstić information content (AvgIpc) is 2.44. The van der Waals surface area contributed by atoms with Crippen LogP contribution in [0.1, 0.15) is 5.82 Å². The standard InChI is InChI=1S/C9H10N2S/c1-6-10-7-4-3-5-8(12-2)9(7)11-6/h3-5H,1-2H3,(H,10,11). The van der Waals surface area contributed by atoms with E-state index in [9.17, 15) is 0 Å². The maximum atomic E-state index is 4.41. The molecule has 0 saturated heterocycles. The van der Waals surface area contributed by atoms with Crippen molar-refractivity contribution in [3.05, 3.63) is 24.0 Å². The third kappa shape index (κ3) is 1.10. The molecule has 2 nitrogen and oxygen atoms in total. The molecule has 0 saturated carbocycles. The summed E-state index contributed by atoms with van der Waals surface area (Å²) in [5.74, 6) is 0.978. The minimum absolute atomic E-state index is 0.978. The van der Waals surface area contributed by atoms with Gasteiger partial charge in [-0.1, -0.05) is 6.07 Å². The number of hydrogen-bond acceptors (Lipinski definition) is 2. The maximum absolute atomic E-state index is 4.41. The monoisotopic (exact) mass is 178 g/mol. The highest BCUT2D eigenvalue weighted by Gasteiger charge is 2.02. The predicted molar refractivity (Wildman–Crippen MR) is 52.6 cm³/mol. The molecule has 1 aromatic heterocycles. The van der Waals surface area contributed by atoms with Gasteiger partial charge in [-0.25, -0.2) is 4.98 Å². The summed E-state index contributed by atoms with van der Waals surface area (Å²) >= 11 is 1.73. The van der Waals surface area contributed by atoms with Gasteiger partial charge in [-0.2, -0.15) is 0 Å². The van der Waals surface area contributed by atoms with Crippen LogP contribution in [-0.4, -0.2) is 16.2 Å². The second-order valence-electron chi connectivity index (χ2n) is 2.68. The van der Waals surface area contributed by atoms with Crippen molar-refractivity contribution in [3.63, 3.8) is 0 Å². The summed E-state index contributed by atoms with van der Waals surface area (Å²) in [5.41, 5.74) is 2.21. The summed E-state index contributed by atoms with van der Waals surface area (Å²) in [6, 6.07) is 6.19. The number of aromatic amines is 1. The molecule has 0 amide bonds. The number of aromatic nitrogens is 2. The number of imidazole rings is 1. The first-order valence-corrected chi connectivity index (χ1v) is 5.03. The number of hydrogen-bond donors (Lipinski definition) is 1. The van der Waals surface area contributed by atoms with Gasteiger partial charge in [-0.05, 0) is 25.3 Å². The Labute approximate surface area is 75.4 Å². The quantitative estimate of drug-likeness (QED) is 0.680. The number of rotatable bonds is 1. The Morgan fingerprint density at radius 1 is 1.42 bits per heavy atom. The smallest absolute Gasteiger partial charge is 0.104 e. The van der Waals surface area contributed by atoms with Crippen LogP contribution in [0, 0.1) is 6.92 Å². The number of H-pyrrole nitrogens is 1. The molecule has 0 aliphatic rings. The van der Waals surface area contributed by atoms with Crippen LogP contribution in [0.3, 0.4) is 0 Å². The molecular formula is C9H10N2S. The van der Waals surface area contributed by atoms with Crippen molar-refractivity contribution in [3.8, 4) is 0 Å². The molecule has 62 valence electrons. The van der Waals surface area contributed by atoms with E-state index in [2.05, 4.69) is 28.4 Å².